The predicted octanol–water partition coefficient (Wildman–Crippen LogP) is 2.63. The quantitative estimate of drug-likeness (QED) is 0.822. The predicted molar refractivity (Wildman–Crippen MR) is 75.3 cm³/mol. The molecule has 0 aliphatic heterocycles. The Morgan fingerprint density at radius 3 is 2.48 bits per heavy atom. The molecule has 3 nitrogen and oxygen atoms in total. The van der Waals surface area contributed by atoms with Gasteiger partial charge in [-0.3, -0.25) is 0 Å². The van der Waals surface area contributed by atoms with Crippen LogP contribution in [0, 0.1) is 11.8 Å². The molecule has 0 radical (unpaired) electrons. The Hall–Kier alpha value is -1.46. The van der Waals surface area contributed by atoms with Crippen molar-refractivity contribution in [1.29, 1.82) is 0 Å². The van der Waals surface area contributed by atoms with Gasteiger partial charge in [-0.1, -0.05) is 31.2 Å². The fraction of sp³-hybridized carbons (Fsp3) is 0.500. The van der Waals surface area contributed by atoms with Crippen LogP contribution < -0.4 is 4.74 Å². The van der Waals surface area contributed by atoms with Gasteiger partial charge < -0.3 is 14.9 Å². The molecule has 1 aromatic carbocycles. The minimum absolute atomic E-state index is 0.224. The summed E-state index contributed by atoms with van der Waals surface area (Å²) in [5, 5.41) is 19.4. The molecule has 1 fully saturated rings. The molecule has 21 heavy (non-hydrogen) atoms. The zero-order chi connectivity index (χ0) is 15.5. The highest BCUT2D eigenvalue weighted by Gasteiger charge is 2.38. The minimum atomic E-state index is -3.12. The molecule has 5 heteroatoms. The van der Waals surface area contributed by atoms with E-state index in [1.54, 1.807) is 37.3 Å². The molecule has 2 N–H and O–H groups in total. The lowest BCUT2D eigenvalue weighted by atomic mass is 9.95. The van der Waals surface area contributed by atoms with Crippen molar-refractivity contribution < 1.29 is 23.7 Å². The minimum Gasteiger partial charge on any atom is -0.487 e. The van der Waals surface area contributed by atoms with Crippen molar-refractivity contribution in [3.05, 3.63) is 42.5 Å². The van der Waals surface area contributed by atoms with E-state index in [9.17, 15) is 19.0 Å². The van der Waals surface area contributed by atoms with E-state index in [4.69, 9.17) is 4.74 Å². The molecule has 1 aliphatic rings. The Morgan fingerprint density at radius 1 is 1.24 bits per heavy atom. The highest BCUT2D eigenvalue weighted by Crippen LogP contribution is 2.34. The number of aliphatic hydroxyl groups excluding tert-OH is 2. The summed E-state index contributed by atoms with van der Waals surface area (Å²) in [5.41, 5.74) is 0. The molecule has 0 amide bonds. The lowest BCUT2D eigenvalue weighted by Gasteiger charge is -2.18. The van der Waals surface area contributed by atoms with E-state index >= 15 is 0 Å². The fourth-order valence-corrected chi connectivity index (χ4v) is 2.53. The van der Waals surface area contributed by atoms with Gasteiger partial charge in [0.25, 0.3) is 5.92 Å². The average molecular weight is 298 g/mol. The first kappa shape index (κ1) is 15.9. The Kier molecular flexibility index (Phi) is 4.96. The molecule has 4 atom stereocenters. The number of aliphatic hydroxyl groups is 2. The second kappa shape index (κ2) is 6.54. The Bertz CT molecular complexity index is 476. The van der Waals surface area contributed by atoms with Crippen LogP contribution in [0.2, 0.25) is 0 Å². The van der Waals surface area contributed by atoms with E-state index in [2.05, 4.69) is 0 Å². The lowest BCUT2D eigenvalue weighted by molar-refractivity contribution is 0.00409. The maximum atomic E-state index is 13.8. The van der Waals surface area contributed by atoms with Gasteiger partial charge in [0.1, 0.15) is 5.75 Å². The normalized spacial score (nSPS) is 30.0. The Morgan fingerprint density at radius 2 is 1.90 bits per heavy atom. The number of benzene rings is 1. The second-order valence-corrected chi connectivity index (χ2v) is 5.53. The van der Waals surface area contributed by atoms with Crippen molar-refractivity contribution in [2.45, 2.75) is 31.5 Å². The lowest BCUT2D eigenvalue weighted by Crippen LogP contribution is -2.24. The molecular weight excluding hydrogens is 278 g/mol. The highest BCUT2D eigenvalue weighted by atomic mass is 19.3. The highest BCUT2D eigenvalue weighted by molar-refractivity contribution is 5.21. The van der Waals surface area contributed by atoms with Crippen molar-refractivity contribution in [2.75, 3.05) is 6.61 Å². The van der Waals surface area contributed by atoms with Crippen LogP contribution in [0.1, 0.15) is 13.3 Å². The van der Waals surface area contributed by atoms with Crippen LogP contribution in [0.25, 0.3) is 0 Å². The summed E-state index contributed by atoms with van der Waals surface area (Å²) in [6.07, 6.45) is 0.849. The zero-order valence-electron chi connectivity index (χ0n) is 11.8. The molecule has 116 valence electrons. The molecule has 0 spiro atoms. The van der Waals surface area contributed by atoms with Crippen LogP contribution in [0.15, 0.2) is 42.5 Å². The van der Waals surface area contributed by atoms with Crippen molar-refractivity contribution >= 4 is 0 Å². The van der Waals surface area contributed by atoms with Crippen molar-refractivity contribution in [3.63, 3.8) is 0 Å². The number of para-hydroxylation sites is 1. The van der Waals surface area contributed by atoms with Gasteiger partial charge in [0, 0.05) is 12.3 Å². The second-order valence-electron chi connectivity index (χ2n) is 5.53. The third-order valence-corrected chi connectivity index (χ3v) is 3.88. The zero-order valence-corrected chi connectivity index (χ0v) is 11.8. The van der Waals surface area contributed by atoms with Gasteiger partial charge in [0.05, 0.1) is 12.2 Å². The molecular formula is C16H20F2O3. The third kappa shape index (κ3) is 4.25. The number of halogens is 2. The number of hydrogen-bond donors (Lipinski definition) is 2. The summed E-state index contributed by atoms with van der Waals surface area (Å²) in [4.78, 5) is 0. The van der Waals surface area contributed by atoms with Gasteiger partial charge >= 0.3 is 0 Å². The topological polar surface area (TPSA) is 49.7 Å². The largest absolute Gasteiger partial charge is 0.487 e. The van der Waals surface area contributed by atoms with E-state index < -0.39 is 30.7 Å². The summed E-state index contributed by atoms with van der Waals surface area (Å²) in [7, 11) is 0. The van der Waals surface area contributed by atoms with Crippen molar-refractivity contribution in [2.24, 2.45) is 11.8 Å². The van der Waals surface area contributed by atoms with Gasteiger partial charge in [0.15, 0.2) is 6.61 Å². The van der Waals surface area contributed by atoms with Crippen LogP contribution in [0.4, 0.5) is 8.78 Å². The SMILES string of the molecule is CC1C(O)CC(O)C1/C=C/C(F)(F)COc1ccccc1. The monoisotopic (exact) mass is 298 g/mol. The van der Waals surface area contributed by atoms with Crippen LogP contribution >= 0.6 is 0 Å². The molecule has 1 aliphatic carbocycles. The van der Waals surface area contributed by atoms with Gasteiger partial charge in [0.2, 0.25) is 0 Å². The van der Waals surface area contributed by atoms with Crippen LogP contribution in [-0.4, -0.2) is 35.0 Å². The molecule has 4 unspecified atom stereocenters. The smallest absolute Gasteiger partial charge is 0.299 e. The number of hydrogen-bond acceptors (Lipinski definition) is 3. The number of rotatable bonds is 5. The van der Waals surface area contributed by atoms with Crippen LogP contribution in [-0.2, 0) is 0 Å². The molecule has 2 rings (SSSR count). The van der Waals surface area contributed by atoms with Gasteiger partial charge in [-0.25, -0.2) is 0 Å². The number of alkyl halides is 2. The van der Waals surface area contributed by atoms with Crippen molar-refractivity contribution in [1.82, 2.24) is 0 Å². The fourth-order valence-electron chi connectivity index (χ4n) is 2.53. The van der Waals surface area contributed by atoms with E-state index in [0.717, 1.165) is 6.08 Å². The first-order valence-electron chi connectivity index (χ1n) is 7.00. The Labute approximate surface area is 122 Å². The summed E-state index contributed by atoms with van der Waals surface area (Å²) >= 11 is 0. The summed E-state index contributed by atoms with van der Waals surface area (Å²) in [6, 6.07) is 8.42. The van der Waals surface area contributed by atoms with E-state index in [0.29, 0.717) is 5.75 Å². The Balaban J connectivity index is 1.92. The molecule has 0 saturated heterocycles. The van der Waals surface area contributed by atoms with Gasteiger partial charge in [-0.2, -0.15) is 8.78 Å². The third-order valence-electron chi connectivity index (χ3n) is 3.88. The molecule has 0 heterocycles. The maximum absolute atomic E-state index is 13.8. The standard InChI is InChI=1S/C16H20F2O3/c1-11-13(15(20)9-14(11)19)7-8-16(17,18)10-21-12-5-3-2-4-6-12/h2-8,11,13-15,19-20H,9-10H2,1H3/b8-7+. The van der Waals surface area contributed by atoms with Crippen LogP contribution in [0.3, 0.4) is 0 Å². The molecule has 0 aromatic heterocycles. The molecule has 0 bridgehead atoms. The molecule has 1 saturated carbocycles. The summed E-state index contributed by atoms with van der Waals surface area (Å²) < 4.78 is 32.6. The summed E-state index contributed by atoms with van der Waals surface area (Å²) in [5.74, 6) is -3.43. The number of ether oxygens (including phenoxy) is 1. The summed E-state index contributed by atoms with van der Waals surface area (Å²) in [6.45, 7) is 0.988. The van der Waals surface area contributed by atoms with Crippen LogP contribution in [0.5, 0.6) is 5.75 Å². The maximum Gasteiger partial charge on any atom is 0.299 e. The van der Waals surface area contributed by atoms with E-state index in [-0.39, 0.29) is 12.3 Å². The van der Waals surface area contributed by atoms with Gasteiger partial charge in [-0.15, -0.1) is 0 Å². The van der Waals surface area contributed by atoms with E-state index in [1.165, 1.54) is 6.08 Å². The average Bonchev–Trinajstić information content (AvgIpc) is 2.69. The first-order chi connectivity index (χ1) is 9.89. The van der Waals surface area contributed by atoms with Gasteiger partial charge in [-0.05, 0) is 24.1 Å². The van der Waals surface area contributed by atoms with Crippen molar-refractivity contribution in [3.8, 4) is 5.75 Å². The first-order valence-corrected chi connectivity index (χ1v) is 7.00. The molecule has 1 aromatic rings. The van der Waals surface area contributed by atoms with E-state index in [1.807, 2.05) is 0 Å².